The molecule has 1 aliphatic heterocycles. The number of nitrogens with one attached hydrogen (secondary N) is 1. The Labute approximate surface area is 141 Å². The summed E-state index contributed by atoms with van der Waals surface area (Å²) in [5, 5.41) is 4.03. The maximum absolute atomic E-state index is 12.1. The van der Waals surface area contributed by atoms with Crippen LogP contribution in [0.2, 0.25) is 0 Å². The Morgan fingerprint density at radius 3 is 3.04 bits per heavy atom. The number of methoxy groups -OCH3 is 1. The van der Waals surface area contributed by atoms with E-state index in [2.05, 4.69) is 27.6 Å². The van der Waals surface area contributed by atoms with Crippen LogP contribution in [0.15, 0.2) is 53.6 Å². The van der Waals surface area contributed by atoms with Gasteiger partial charge in [-0.05, 0) is 42.2 Å². The predicted octanol–water partition coefficient (Wildman–Crippen LogP) is 2.60. The van der Waals surface area contributed by atoms with E-state index >= 15 is 0 Å². The smallest absolute Gasteiger partial charge is 0.259 e. The number of aryl methyl sites for hydroxylation is 1. The number of benzene rings is 2. The number of carbonyl (C=O) groups excluding carboxylic acids is 1. The molecule has 5 heteroatoms. The fraction of sp³-hybridized carbons (Fsp3) is 0.263. The number of ether oxygens (including phenoxy) is 1. The van der Waals surface area contributed by atoms with Crippen molar-refractivity contribution in [1.29, 1.82) is 0 Å². The summed E-state index contributed by atoms with van der Waals surface area (Å²) in [5.74, 6) is 0.640. The maximum atomic E-state index is 12.1. The largest absolute Gasteiger partial charge is 0.497 e. The highest BCUT2D eigenvalue weighted by Crippen LogP contribution is 2.26. The van der Waals surface area contributed by atoms with Crippen LogP contribution in [-0.4, -0.2) is 32.3 Å². The fourth-order valence-corrected chi connectivity index (χ4v) is 2.89. The van der Waals surface area contributed by atoms with Crippen molar-refractivity contribution in [3.8, 4) is 5.75 Å². The molecule has 1 aliphatic rings. The Bertz CT molecular complexity index is 743. The number of fused-ring (bicyclic) bond motifs is 1. The van der Waals surface area contributed by atoms with Gasteiger partial charge < -0.3 is 9.64 Å². The van der Waals surface area contributed by atoms with Gasteiger partial charge in [-0.3, -0.25) is 4.79 Å². The second-order valence-corrected chi connectivity index (χ2v) is 5.72. The average molecular weight is 323 g/mol. The van der Waals surface area contributed by atoms with E-state index < -0.39 is 0 Å². The molecule has 2 aromatic carbocycles. The molecule has 0 saturated carbocycles. The predicted molar refractivity (Wildman–Crippen MR) is 95.7 cm³/mol. The molecule has 1 amide bonds. The van der Waals surface area contributed by atoms with Crippen molar-refractivity contribution in [1.82, 2.24) is 5.43 Å². The molecule has 2 aromatic rings. The molecule has 1 N–H and O–H groups in total. The summed E-state index contributed by atoms with van der Waals surface area (Å²) in [7, 11) is 1.62. The first kappa shape index (κ1) is 16.1. The van der Waals surface area contributed by atoms with Gasteiger partial charge in [-0.15, -0.1) is 0 Å². The summed E-state index contributed by atoms with van der Waals surface area (Å²) in [6.45, 7) is 1.20. The number of hydrazone groups is 1. The summed E-state index contributed by atoms with van der Waals surface area (Å²) in [6, 6.07) is 15.8. The van der Waals surface area contributed by atoms with E-state index in [1.54, 1.807) is 13.3 Å². The normalized spacial score (nSPS) is 13.6. The minimum Gasteiger partial charge on any atom is -0.497 e. The summed E-state index contributed by atoms with van der Waals surface area (Å²) in [6.07, 6.45) is 3.75. The molecule has 0 spiro atoms. The number of carbonyl (C=O) groups is 1. The molecule has 0 fully saturated rings. The Kier molecular flexibility index (Phi) is 5.11. The molecule has 1 heterocycles. The highest BCUT2D eigenvalue weighted by molar-refractivity contribution is 5.85. The van der Waals surface area contributed by atoms with Gasteiger partial charge in [-0.1, -0.05) is 30.3 Å². The molecule has 0 bridgehead atoms. The molecule has 24 heavy (non-hydrogen) atoms. The van der Waals surface area contributed by atoms with Crippen LogP contribution in [-0.2, 0) is 11.2 Å². The van der Waals surface area contributed by atoms with Gasteiger partial charge >= 0.3 is 0 Å². The molecule has 0 radical (unpaired) electrons. The fourth-order valence-electron chi connectivity index (χ4n) is 2.89. The lowest BCUT2D eigenvalue weighted by atomic mass is 10.0. The average Bonchev–Trinajstić information content (AvgIpc) is 2.62. The van der Waals surface area contributed by atoms with Crippen LogP contribution in [0.25, 0.3) is 0 Å². The van der Waals surface area contributed by atoms with E-state index in [1.165, 1.54) is 5.56 Å². The number of rotatable bonds is 5. The van der Waals surface area contributed by atoms with Crippen molar-refractivity contribution in [3.63, 3.8) is 0 Å². The molecule has 0 aromatic heterocycles. The van der Waals surface area contributed by atoms with Crippen LogP contribution in [0.3, 0.4) is 0 Å². The molecule has 3 rings (SSSR count). The van der Waals surface area contributed by atoms with Gasteiger partial charge in [-0.2, -0.15) is 5.10 Å². The second-order valence-electron chi connectivity index (χ2n) is 5.72. The molecular formula is C19H21N3O2. The van der Waals surface area contributed by atoms with Gasteiger partial charge in [0.05, 0.1) is 19.9 Å². The molecular weight excluding hydrogens is 302 g/mol. The lowest BCUT2D eigenvalue weighted by Crippen LogP contribution is -2.38. The molecule has 0 unspecified atom stereocenters. The number of hydrogen-bond donors (Lipinski definition) is 1. The maximum Gasteiger partial charge on any atom is 0.259 e. The van der Waals surface area contributed by atoms with Crippen LogP contribution < -0.4 is 15.1 Å². The van der Waals surface area contributed by atoms with Crippen molar-refractivity contribution in [2.45, 2.75) is 12.8 Å². The minimum absolute atomic E-state index is 0.120. The van der Waals surface area contributed by atoms with Gasteiger partial charge in [0.15, 0.2) is 0 Å². The van der Waals surface area contributed by atoms with Gasteiger partial charge in [0.1, 0.15) is 5.75 Å². The quantitative estimate of drug-likeness (QED) is 0.680. The van der Waals surface area contributed by atoms with Gasteiger partial charge in [0.25, 0.3) is 5.91 Å². The van der Waals surface area contributed by atoms with Gasteiger partial charge in [-0.25, -0.2) is 5.43 Å². The van der Waals surface area contributed by atoms with E-state index in [4.69, 9.17) is 4.74 Å². The molecule has 0 saturated heterocycles. The van der Waals surface area contributed by atoms with Crippen molar-refractivity contribution < 1.29 is 9.53 Å². The number of nitrogens with zero attached hydrogens (tertiary/aromatic N) is 2. The number of anilines is 1. The zero-order valence-corrected chi connectivity index (χ0v) is 13.7. The zero-order chi connectivity index (χ0) is 16.8. The third kappa shape index (κ3) is 3.93. The molecule has 0 atom stereocenters. The first-order valence-corrected chi connectivity index (χ1v) is 8.05. The molecule has 124 valence electrons. The highest BCUT2D eigenvalue weighted by Gasteiger charge is 2.18. The van der Waals surface area contributed by atoms with E-state index in [0.717, 1.165) is 36.4 Å². The lowest BCUT2D eigenvalue weighted by Gasteiger charge is -2.30. The topological polar surface area (TPSA) is 53.9 Å². The third-order valence-electron chi connectivity index (χ3n) is 4.04. The first-order chi connectivity index (χ1) is 11.8. The van der Waals surface area contributed by atoms with E-state index in [9.17, 15) is 4.79 Å². The first-order valence-electron chi connectivity index (χ1n) is 8.05. The Morgan fingerprint density at radius 2 is 2.17 bits per heavy atom. The number of para-hydroxylation sites is 1. The summed E-state index contributed by atoms with van der Waals surface area (Å²) < 4.78 is 5.16. The van der Waals surface area contributed by atoms with Crippen LogP contribution in [0, 0.1) is 0 Å². The Balaban J connectivity index is 1.57. The molecule has 0 aliphatic carbocycles. The Morgan fingerprint density at radius 1 is 1.29 bits per heavy atom. The summed E-state index contributed by atoms with van der Waals surface area (Å²) >= 11 is 0. The van der Waals surface area contributed by atoms with Crippen molar-refractivity contribution in [2.24, 2.45) is 5.10 Å². The van der Waals surface area contributed by atoms with Crippen molar-refractivity contribution in [2.75, 3.05) is 25.1 Å². The van der Waals surface area contributed by atoms with Gasteiger partial charge in [0, 0.05) is 12.2 Å². The summed E-state index contributed by atoms with van der Waals surface area (Å²) in [5.41, 5.74) is 5.92. The highest BCUT2D eigenvalue weighted by atomic mass is 16.5. The number of amides is 1. The summed E-state index contributed by atoms with van der Waals surface area (Å²) in [4.78, 5) is 14.2. The van der Waals surface area contributed by atoms with Gasteiger partial charge in [0.2, 0.25) is 0 Å². The van der Waals surface area contributed by atoms with E-state index in [0.29, 0.717) is 6.54 Å². The minimum atomic E-state index is -0.120. The van der Waals surface area contributed by atoms with Crippen LogP contribution >= 0.6 is 0 Å². The Hall–Kier alpha value is -2.82. The third-order valence-corrected chi connectivity index (χ3v) is 4.04. The zero-order valence-electron chi connectivity index (χ0n) is 13.7. The number of hydrogen-bond acceptors (Lipinski definition) is 4. The van der Waals surface area contributed by atoms with E-state index in [1.807, 2.05) is 36.4 Å². The van der Waals surface area contributed by atoms with Crippen LogP contribution in [0.1, 0.15) is 17.5 Å². The van der Waals surface area contributed by atoms with E-state index in [-0.39, 0.29) is 5.91 Å². The lowest BCUT2D eigenvalue weighted by molar-refractivity contribution is -0.119. The molecule has 5 nitrogen and oxygen atoms in total. The second kappa shape index (κ2) is 7.64. The van der Waals surface area contributed by atoms with Crippen LogP contribution in [0.5, 0.6) is 5.75 Å². The van der Waals surface area contributed by atoms with Crippen LogP contribution in [0.4, 0.5) is 5.69 Å². The van der Waals surface area contributed by atoms with Crippen molar-refractivity contribution >= 4 is 17.8 Å². The standard InChI is InChI=1S/C19H21N3O2/c1-24-17-9-4-6-15(12-17)13-20-21-19(23)14-22-11-5-8-16-7-2-3-10-18(16)22/h2-4,6-7,9-10,12-13H,5,8,11,14H2,1H3,(H,21,23)/b20-13+. The monoisotopic (exact) mass is 323 g/mol. The van der Waals surface area contributed by atoms with Crippen molar-refractivity contribution in [3.05, 3.63) is 59.7 Å². The SMILES string of the molecule is COc1cccc(/C=N/NC(=O)CN2CCCc3ccccc32)c1.